The number of carboxylic acids is 2. The van der Waals surface area contributed by atoms with Gasteiger partial charge in [-0.25, -0.2) is 9.59 Å². The molecule has 0 radical (unpaired) electrons. The molecule has 0 aliphatic heterocycles. The first-order valence-electron chi connectivity index (χ1n) is 12.7. The molecule has 0 unspecified atom stereocenters. The Morgan fingerprint density at radius 2 is 1.12 bits per heavy atom. The highest BCUT2D eigenvalue weighted by Gasteiger charge is 2.16. The third-order valence-corrected chi connectivity index (χ3v) is 6.31. The summed E-state index contributed by atoms with van der Waals surface area (Å²) in [5.41, 5.74) is 3.34. The van der Waals surface area contributed by atoms with Crippen LogP contribution in [-0.4, -0.2) is 57.2 Å². The molecule has 216 valence electrons. The summed E-state index contributed by atoms with van der Waals surface area (Å²) in [5.74, 6) is -2.16. The Labute approximate surface area is 246 Å². The van der Waals surface area contributed by atoms with E-state index in [0.29, 0.717) is 44.9 Å². The molecule has 0 bridgehead atoms. The van der Waals surface area contributed by atoms with Crippen LogP contribution in [0.5, 0.6) is 11.5 Å². The number of ether oxygens (including phenoxy) is 2. The fraction of sp³-hybridized carbons (Fsp3) is 0.0606. The van der Waals surface area contributed by atoms with E-state index < -0.39 is 17.7 Å². The van der Waals surface area contributed by atoms with E-state index in [1.165, 1.54) is 51.2 Å². The first kappa shape index (κ1) is 29.9. The molecule has 3 N–H and O–H groups in total. The second-order valence-corrected chi connectivity index (χ2v) is 9.01. The molecule has 10 nitrogen and oxygen atoms in total. The smallest absolute Gasteiger partial charge is 0.337 e. The number of rotatable bonds is 11. The van der Waals surface area contributed by atoms with Gasteiger partial charge in [0, 0.05) is 53.1 Å². The topological polar surface area (TPSA) is 156 Å². The number of carboxylic acid groups (broad SMARTS) is 2. The number of benzene rings is 2. The number of carbonyl (C=O) groups excluding carboxylic acids is 1. The van der Waals surface area contributed by atoms with E-state index in [0.717, 1.165) is 6.08 Å². The lowest BCUT2D eigenvalue weighted by Crippen LogP contribution is -2.01. The van der Waals surface area contributed by atoms with E-state index in [9.17, 15) is 29.7 Å². The molecule has 2 aromatic heterocycles. The quantitative estimate of drug-likeness (QED) is 0.110. The van der Waals surface area contributed by atoms with Crippen LogP contribution >= 0.6 is 0 Å². The fourth-order valence-corrected chi connectivity index (χ4v) is 4.27. The number of carbonyl (C=O) groups is 3. The van der Waals surface area contributed by atoms with Crippen LogP contribution in [0.25, 0.3) is 34.4 Å². The molecule has 0 amide bonds. The molecule has 0 fully saturated rings. The minimum atomic E-state index is -1.11. The number of aromatic nitrogens is 2. The number of nitrogens with zero attached hydrogens (tertiary/aromatic N) is 2. The van der Waals surface area contributed by atoms with Crippen molar-refractivity contribution in [3.63, 3.8) is 0 Å². The molecule has 0 atom stereocenters. The SMILES string of the molecule is COc1cc(/C=C/C(=O)/C=C(O)/C=C/c2ccc(-c3ccncc3C(=O)O)c(OC)c2)ccc1-c1ccncc1C(=O)O. The van der Waals surface area contributed by atoms with E-state index in [1.54, 1.807) is 60.7 Å². The van der Waals surface area contributed by atoms with Gasteiger partial charge in [-0.1, -0.05) is 36.4 Å². The van der Waals surface area contributed by atoms with Crippen molar-refractivity contribution >= 4 is 29.9 Å². The normalized spacial score (nSPS) is 11.5. The number of aliphatic hydroxyl groups excluding tert-OH is 1. The van der Waals surface area contributed by atoms with Gasteiger partial charge in [-0.3, -0.25) is 14.8 Å². The maximum atomic E-state index is 12.5. The number of aromatic carboxylic acids is 2. The van der Waals surface area contributed by atoms with Crippen LogP contribution in [0.1, 0.15) is 31.8 Å². The number of methoxy groups -OCH3 is 2. The van der Waals surface area contributed by atoms with Crippen molar-refractivity contribution < 1.29 is 39.2 Å². The van der Waals surface area contributed by atoms with Crippen LogP contribution in [0.15, 0.2) is 97.3 Å². The molecule has 0 aliphatic carbocycles. The molecule has 2 aromatic carbocycles. The summed E-state index contributed by atoms with van der Waals surface area (Å²) in [6.45, 7) is 0. The predicted molar refractivity (Wildman–Crippen MR) is 160 cm³/mol. The Hall–Kier alpha value is -6.03. The second-order valence-electron chi connectivity index (χ2n) is 9.01. The summed E-state index contributed by atoms with van der Waals surface area (Å²) in [4.78, 5) is 43.4. The third-order valence-electron chi connectivity index (χ3n) is 6.31. The molecule has 0 saturated carbocycles. The van der Waals surface area contributed by atoms with Crippen molar-refractivity contribution in [2.45, 2.75) is 0 Å². The van der Waals surface area contributed by atoms with E-state index in [-0.39, 0.29) is 16.9 Å². The zero-order chi connectivity index (χ0) is 30.9. The standard InChI is InChI=1S/C33H26N2O8/c1-42-30-15-20(5-9-26(30)24-11-13-34-18-28(24)32(38)39)3-7-22(36)17-23(37)8-4-21-6-10-27(31(16-21)43-2)25-12-14-35-19-29(25)33(40)41/h3-19,36H,1-2H3,(H,38,39)(H,40,41)/b7-3+,8-4+,22-17-. The Balaban J connectivity index is 1.49. The number of aliphatic hydroxyl groups is 1. The van der Waals surface area contributed by atoms with Crippen molar-refractivity contribution in [1.29, 1.82) is 0 Å². The first-order valence-corrected chi connectivity index (χ1v) is 12.7. The summed E-state index contributed by atoms with van der Waals surface area (Å²) in [6.07, 6.45) is 12.3. The van der Waals surface area contributed by atoms with Crippen molar-refractivity contribution in [1.82, 2.24) is 9.97 Å². The molecule has 4 aromatic rings. The Morgan fingerprint density at radius 3 is 1.56 bits per heavy atom. The maximum Gasteiger partial charge on any atom is 0.337 e. The van der Waals surface area contributed by atoms with Crippen LogP contribution in [0.3, 0.4) is 0 Å². The minimum Gasteiger partial charge on any atom is -0.508 e. The molecule has 10 heteroatoms. The van der Waals surface area contributed by atoms with Crippen LogP contribution in [0, 0.1) is 0 Å². The average Bonchev–Trinajstić information content (AvgIpc) is 3.02. The number of allylic oxidation sites excluding steroid dienone is 3. The predicted octanol–water partition coefficient (Wildman–Crippen LogP) is 5.96. The third kappa shape index (κ3) is 7.19. The largest absolute Gasteiger partial charge is 0.508 e. The zero-order valence-electron chi connectivity index (χ0n) is 23.1. The summed E-state index contributed by atoms with van der Waals surface area (Å²) >= 11 is 0. The number of hydrogen-bond acceptors (Lipinski definition) is 8. The van der Waals surface area contributed by atoms with Crippen LogP contribution < -0.4 is 9.47 Å². The lowest BCUT2D eigenvalue weighted by Gasteiger charge is -2.11. The molecule has 2 heterocycles. The maximum absolute atomic E-state index is 12.5. The van der Waals surface area contributed by atoms with Gasteiger partial charge in [-0.05, 0) is 47.5 Å². The highest BCUT2D eigenvalue weighted by Crippen LogP contribution is 2.34. The van der Waals surface area contributed by atoms with Gasteiger partial charge in [0.25, 0.3) is 0 Å². The molecule has 43 heavy (non-hydrogen) atoms. The Kier molecular flexibility index (Phi) is 9.44. The summed E-state index contributed by atoms with van der Waals surface area (Å²) in [6, 6.07) is 13.3. The lowest BCUT2D eigenvalue weighted by atomic mass is 9.99. The van der Waals surface area contributed by atoms with Gasteiger partial charge in [-0.15, -0.1) is 0 Å². The monoisotopic (exact) mass is 578 g/mol. The molecule has 4 rings (SSSR count). The Bertz CT molecular complexity index is 1790. The van der Waals surface area contributed by atoms with Gasteiger partial charge in [0.05, 0.1) is 25.3 Å². The number of hydrogen-bond donors (Lipinski definition) is 3. The van der Waals surface area contributed by atoms with E-state index in [4.69, 9.17) is 9.47 Å². The van der Waals surface area contributed by atoms with Gasteiger partial charge in [0.15, 0.2) is 5.78 Å². The molecule has 0 aliphatic rings. The fourth-order valence-electron chi connectivity index (χ4n) is 4.27. The van der Waals surface area contributed by atoms with Crippen LogP contribution in [0.2, 0.25) is 0 Å². The van der Waals surface area contributed by atoms with Crippen molar-refractivity contribution in [3.8, 4) is 33.8 Å². The van der Waals surface area contributed by atoms with E-state index in [1.807, 2.05) is 0 Å². The Morgan fingerprint density at radius 1 is 0.651 bits per heavy atom. The van der Waals surface area contributed by atoms with Crippen molar-refractivity contribution in [2.75, 3.05) is 14.2 Å². The number of ketones is 1. The highest BCUT2D eigenvalue weighted by molar-refractivity contribution is 6.03. The molecule has 0 saturated heterocycles. The zero-order valence-corrected chi connectivity index (χ0v) is 23.1. The summed E-state index contributed by atoms with van der Waals surface area (Å²) in [7, 11) is 2.92. The van der Waals surface area contributed by atoms with Gasteiger partial charge >= 0.3 is 11.9 Å². The molecule has 0 spiro atoms. The van der Waals surface area contributed by atoms with Crippen LogP contribution in [-0.2, 0) is 4.79 Å². The first-order chi connectivity index (χ1) is 20.7. The summed E-state index contributed by atoms with van der Waals surface area (Å²) in [5, 5.41) is 29.3. The van der Waals surface area contributed by atoms with Gasteiger partial charge < -0.3 is 24.8 Å². The van der Waals surface area contributed by atoms with Crippen molar-refractivity contribution in [2.24, 2.45) is 0 Å². The highest BCUT2D eigenvalue weighted by atomic mass is 16.5. The van der Waals surface area contributed by atoms with Crippen molar-refractivity contribution in [3.05, 3.63) is 120 Å². The summed E-state index contributed by atoms with van der Waals surface area (Å²) < 4.78 is 10.9. The van der Waals surface area contributed by atoms with E-state index >= 15 is 0 Å². The lowest BCUT2D eigenvalue weighted by molar-refractivity contribution is -0.110. The van der Waals surface area contributed by atoms with E-state index in [2.05, 4.69) is 9.97 Å². The molecular weight excluding hydrogens is 552 g/mol. The average molecular weight is 579 g/mol. The van der Waals surface area contributed by atoms with Gasteiger partial charge in [0.2, 0.25) is 0 Å². The number of pyridine rings is 2. The molecular formula is C33H26N2O8. The van der Waals surface area contributed by atoms with Gasteiger partial charge in [0.1, 0.15) is 17.3 Å². The second kappa shape index (κ2) is 13.6. The van der Waals surface area contributed by atoms with Crippen LogP contribution in [0.4, 0.5) is 0 Å². The van der Waals surface area contributed by atoms with Gasteiger partial charge in [-0.2, -0.15) is 0 Å². The minimum absolute atomic E-state index is 0.0309.